The predicted molar refractivity (Wildman–Crippen MR) is 75.5 cm³/mol. The van der Waals surface area contributed by atoms with Crippen molar-refractivity contribution >= 4 is 43.6 Å². The molecule has 11 heteroatoms. The molecule has 124 valence electrons. The van der Waals surface area contributed by atoms with Crippen LogP contribution in [-0.4, -0.2) is 37.0 Å². The maximum atomic E-state index is 12.6. The van der Waals surface area contributed by atoms with E-state index in [4.69, 9.17) is 16.2 Å². The van der Waals surface area contributed by atoms with Gasteiger partial charge >= 0.3 is 12.1 Å². The van der Waals surface area contributed by atoms with Crippen LogP contribution in [0.25, 0.3) is 0 Å². The van der Waals surface area contributed by atoms with E-state index >= 15 is 0 Å². The number of esters is 1. The average Bonchev–Trinajstić information content (AvgIpc) is 2.35. The highest BCUT2D eigenvalue weighted by Crippen LogP contribution is 2.30. The lowest BCUT2D eigenvalue weighted by atomic mass is 10.1. The number of alkyl halides is 4. The molecule has 0 aromatic heterocycles. The molecule has 0 saturated carbocycles. The Hall–Kier alpha value is -0.840. The largest absolute Gasteiger partial charge is 0.450 e. The quantitative estimate of drug-likeness (QED) is 0.445. The number of halogens is 5. The molecule has 0 amide bonds. The fourth-order valence-corrected chi connectivity index (χ4v) is 2.53. The molecule has 0 saturated heterocycles. The van der Waals surface area contributed by atoms with Crippen molar-refractivity contribution in [2.24, 2.45) is 0 Å². The number of benzene rings is 1. The molecule has 0 radical (unpaired) electrons. The molecule has 2 atom stereocenters. The summed E-state index contributed by atoms with van der Waals surface area (Å²) in [6.45, 7) is 0. The van der Waals surface area contributed by atoms with Crippen molar-refractivity contribution in [3.63, 3.8) is 0 Å². The van der Waals surface area contributed by atoms with Gasteiger partial charge in [0.05, 0.1) is 0 Å². The normalized spacial score (nSPS) is 15.2. The summed E-state index contributed by atoms with van der Waals surface area (Å²) >= 11 is 8.49. The Morgan fingerprint density at radius 2 is 1.82 bits per heavy atom. The molecule has 1 aromatic carbocycles. The van der Waals surface area contributed by atoms with E-state index in [0.29, 0.717) is 5.02 Å². The van der Waals surface area contributed by atoms with E-state index in [2.05, 4.69) is 20.7 Å². The average molecular weight is 426 g/mol. The topological polar surface area (TPSA) is 80.7 Å². The molecule has 0 fully saturated rings. The Bertz CT molecular complexity index is 632. The van der Waals surface area contributed by atoms with Crippen LogP contribution < -0.4 is 0 Å². The van der Waals surface area contributed by atoms with Crippen LogP contribution >= 0.6 is 27.5 Å². The fourth-order valence-electron chi connectivity index (χ4n) is 1.35. The summed E-state index contributed by atoms with van der Waals surface area (Å²) in [5.74, 6) is -3.13. The lowest BCUT2D eigenvalue weighted by Gasteiger charge is -2.21. The molecule has 1 aromatic rings. The molecule has 0 heterocycles. The molecular weight excluding hydrogens is 417 g/mol. The van der Waals surface area contributed by atoms with Gasteiger partial charge in [0.25, 0.3) is 10.1 Å². The van der Waals surface area contributed by atoms with E-state index in [1.54, 1.807) is 0 Å². The Labute approximate surface area is 137 Å². The van der Waals surface area contributed by atoms with Crippen LogP contribution in [0.2, 0.25) is 5.02 Å². The number of rotatable bonds is 5. The summed E-state index contributed by atoms with van der Waals surface area (Å²) in [6.07, 6.45) is -8.11. The highest BCUT2D eigenvalue weighted by Gasteiger charge is 2.46. The second-order valence-electron chi connectivity index (χ2n) is 4.13. The SMILES string of the molecule is O=C(OC(CS(=O)(=O)O)C(F)(F)F)C(Br)c1ccc(Cl)cc1. The standard InChI is InChI=1S/C11H9BrClF3O5S/c12-9(6-1-3-7(13)4-2-6)10(17)21-8(11(14,15)16)5-22(18,19)20/h1-4,8-9H,5H2,(H,18,19,20). The molecule has 0 aliphatic carbocycles. The first-order valence-corrected chi connectivity index (χ1v) is 8.42. The van der Waals surface area contributed by atoms with Gasteiger partial charge in [-0.2, -0.15) is 21.6 Å². The zero-order valence-corrected chi connectivity index (χ0v) is 13.7. The molecule has 2 unspecified atom stereocenters. The first-order valence-electron chi connectivity index (χ1n) is 5.52. The number of carbonyl (C=O) groups is 1. The Morgan fingerprint density at radius 3 is 2.23 bits per heavy atom. The lowest BCUT2D eigenvalue weighted by Crippen LogP contribution is -2.40. The third kappa shape index (κ3) is 6.11. The van der Waals surface area contributed by atoms with E-state index < -0.39 is 38.9 Å². The summed E-state index contributed by atoms with van der Waals surface area (Å²) in [7, 11) is -4.98. The minimum Gasteiger partial charge on any atom is -0.450 e. The van der Waals surface area contributed by atoms with Gasteiger partial charge in [-0.15, -0.1) is 0 Å². The third-order valence-corrected chi connectivity index (χ3v) is 4.23. The Kier molecular flexibility index (Phi) is 6.25. The van der Waals surface area contributed by atoms with Crippen molar-refractivity contribution in [3.05, 3.63) is 34.9 Å². The molecule has 1 N–H and O–H groups in total. The molecule has 22 heavy (non-hydrogen) atoms. The van der Waals surface area contributed by atoms with Gasteiger partial charge in [0, 0.05) is 5.02 Å². The van der Waals surface area contributed by atoms with Crippen LogP contribution in [0.4, 0.5) is 13.2 Å². The molecule has 5 nitrogen and oxygen atoms in total. The zero-order valence-electron chi connectivity index (χ0n) is 10.5. The Balaban J connectivity index is 2.88. The van der Waals surface area contributed by atoms with Crippen LogP contribution in [-0.2, 0) is 19.6 Å². The van der Waals surface area contributed by atoms with E-state index in [0.717, 1.165) is 0 Å². The summed E-state index contributed by atoms with van der Waals surface area (Å²) in [5.41, 5.74) is 0.266. The molecule has 0 aliphatic heterocycles. The van der Waals surface area contributed by atoms with Crippen LogP contribution in [0.3, 0.4) is 0 Å². The first-order chi connectivity index (χ1) is 9.90. The van der Waals surface area contributed by atoms with Gasteiger partial charge in [-0.3, -0.25) is 9.35 Å². The van der Waals surface area contributed by atoms with Gasteiger partial charge in [0.2, 0.25) is 6.10 Å². The summed E-state index contributed by atoms with van der Waals surface area (Å²) in [6, 6.07) is 5.60. The van der Waals surface area contributed by atoms with Crippen molar-refractivity contribution in [3.8, 4) is 0 Å². The van der Waals surface area contributed by atoms with E-state index in [-0.39, 0.29) is 5.56 Å². The first kappa shape index (κ1) is 19.2. The fraction of sp³-hybridized carbons (Fsp3) is 0.364. The molecule has 0 bridgehead atoms. The lowest BCUT2D eigenvalue weighted by molar-refractivity contribution is -0.214. The number of ether oxygens (including phenoxy) is 1. The monoisotopic (exact) mass is 424 g/mol. The van der Waals surface area contributed by atoms with Gasteiger partial charge in [-0.1, -0.05) is 39.7 Å². The maximum Gasteiger partial charge on any atom is 0.426 e. The van der Waals surface area contributed by atoms with Gasteiger partial charge in [0.15, 0.2) is 0 Å². The molecule has 0 aliphatic rings. The third-order valence-electron chi connectivity index (χ3n) is 2.36. The second-order valence-corrected chi connectivity index (χ2v) is 6.98. The van der Waals surface area contributed by atoms with Crippen molar-refractivity contribution in [1.29, 1.82) is 0 Å². The smallest absolute Gasteiger partial charge is 0.426 e. The molecule has 1 rings (SSSR count). The van der Waals surface area contributed by atoms with Gasteiger partial charge in [-0.05, 0) is 17.7 Å². The minimum atomic E-state index is -5.14. The van der Waals surface area contributed by atoms with E-state index in [1.165, 1.54) is 24.3 Å². The van der Waals surface area contributed by atoms with Crippen molar-refractivity contribution in [1.82, 2.24) is 0 Å². The van der Waals surface area contributed by atoms with Crippen LogP contribution in [0.1, 0.15) is 10.4 Å². The maximum absolute atomic E-state index is 12.6. The number of hydrogen-bond donors (Lipinski definition) is 1. The molecular formula is C11H9BrClF3O5S. The van der Waals surface area contributed by atoms with Gasteiger partial charge in [-0.25, -0.2) is 0 Å². The Morgan fingerprint density at radius 1 is 1.32 bits per heavy atom. The van der Waals surface area contributed by atoms with Gasteiger partial charge < -0.3 is 4.74 Å². The van der Waals surface area contributed by atoms with Crippen LogP contribution in [0.15, 0.2) is 24.3 Å². The van der Waals surface area contributed by atoms with Crippen LogP contribution in [0.5, 0.6) is 0 Å². The highest BCUT2D eigenvalue weighted by atomic mass is 79.9. The summed E-state index contributed by atoms with van der Waals surface area (Å²) < 4.78 is 71.8. The van der Waals surface area contributed by atoms with Crippen molar-refractivity contribution < 1.29 is 35.7 Å². The summed E-state index contributed by atoms with van der Waals surface area (Å²) in [4.78, 5) is 10.4. The van der Waals surface area contributed by atoms with E-state index in [9.17, 15) is 26.4 Å². The van der Waals surface area contributed by atoms with Crippen molar-refractivity contribution in [2.45, 2.75) is 17.1 Å². The second kappa shape index (κ2) is 7.16. The highest BCUT2D eigenvalue weighted by molar-refractivity contribution is 9.09. The molecule has 0 spiro atoms. The van der Waals surface area contributed by atoms with E-state index in [1.807, 2.05) is 0 Å². The summed E-state index contributed by atoms with van der Waals surface area (Å²) in [5, 5.41) is 0.358. The zero-order chi connectivity index (χ0) is 17.1. The number of carbonyl (C=O) groups excluding carboxylic acids is 1. The minimum absolute atomic E-state index is 0.266. The van der Waals surface area contributed by atoms with Crippen LogP contribution in [0, 0.1) is 0 Å². The van der Waals surface area contributed by atoms with Gasteiger partial charge in [0.1, 0.15) is 10.6 Å². The van der Waals surface area contributed by atoms with Crippen molar-refractivity contribution in [2.75, 3.05) is 5.75 Å². The number of hydrogen-bond acceptors (Lipinski definition) is 4. The predicted octanol–water partition coefficient (Wildman–Crippen LogP) is 3.14.